The van der Waals surface area contributed by atoms with E-state index in [0.29, 0.717) is 5.92 Å². The largest absolute Gasteiger partial charge is 0.344 e. The molecule has 0 radical (unpaired) electrons. The molecule has 0 unspecified atom stereocenters. The molecule has 0 spiro atoms. The number of amides is 1. The van der Waals surface area contributed by atoms with Crippen LogP contribution in [-0.4, -0.2) is 48.4 Å². The summed E-state index contributed by atoms with van der Waals surface area (Å²) in [5, 5.41) is 0. The van der Waals surface area contributed by atoms with Crippen molar-refractivity contribution in [1.82, 2.24) is 9.80 Å². The standard InChI is InChI=1S/C18H29N3O/c1-14(2)17(19)18(22)20(3)11-16-9-10-21(13-16)12-15-7-5-4-6-8-15/h4-8,14,16-17H,9-13,19H2,1-3H3/t16-,17-/m0/s1. The van der Waals surface area contributed by atoms with Gasteiger partial charge in [-0.25, -0.2) is 0 Å². The van der Waals surface area contributed by atoms with E-state index in [1.807, 2.05) is 25.8 Å². The Morgan fingerprint density at radius 2 is 2.05 bits per heavy atom. The van der Waals surface area contributed by atoms with Gasteiger partial charge in [0, 0.05) is 26.7 Å². The van der Waals surface area contributed by atoms with E-state index in [9.17, 15) is 4.79 Å². The lowest BCUT2D eigenvalue weighted by Crippen LogP contribution is -2.46. The molecule has 2 atom stereocenters. The minimum atomic E-state index is -0.383. The molecule has 1 saturated heterocycles. The highest BCUT2D eigenvalue weighted by Crippen LogP contribution is 2.20. The Labute approximate surface area is 134 Å². The van der Waals surface area contributed by atoms with E-state index in [4.69, 9.17) is 5.73 Å². The van der Waals surface area contributed by atoms with Gasteiger partial charge in [-0.15, -0.1) is 0 Å². The molecule has 0 aromatic heterocycles. The predicted octanol–water partition coefficient (Wildman–Crippen LogP) is 1.95. The number of nitrogens with zero attached hydrogens (tertiary/aromatic N) is 2. The first-order valence-corrected chi connectivity index (χ1v) is 8.24. The quantitative estimate of drug-likeness (QED) is 0.874. The molecular weight excluding hydrogens is 274 g/mol. The van der Waals surface area contributed by atoms with E-state index >= 15 is 0 Å². The van der Waals surface area contributed by atoms with E-state index in [1.165, 1.54) is 5.56 Å². The van der Waals surface area contributed by atoms with E-state index in [-0.39, 0.29) is 17.9 Å². The summed E-state index contributed by atoms with van der Waals surface area (Å²) < 4.78 is 0. The highest BCUT2D eigenvalue weighted by molar-refractivity contribution is 5.81. The first-order valence-electron chi connectivity index (χ1n) is 8.24. The van der Waals surface area contributed by atoms with Crippen LogP contribution in [0, 0.1) is 11.8 Å². The predicted molar refractivity (Wildman–Crippen MR) is 90.3 cm³/mol. The molecule has 1 aromatic rings. The van der Waals surface area contributed by atoms with Crippen molar-refractivity contribution in [3.63, 3.8) is 0 Å². The van der Waals surface area contributed by atoms with E-state index in [0.717, 1.165) is 32.6 Å². The van der Waals surface area contributed by atoms with Gasteiger partial charge in [-0.2, -0.15) is 0 Å². The summed E-state index contributed by atoms with van der Waals surface area (Å²) in [4.78, 5) is 16.5. The number of benzene rings is 1. The molecule has 1 aromatic carbocycles. The monoisotopic (exact) mass is 303 g/mol. The zero-order valence-electron chi connectivity index (χ0n) is 14.0. The van der Waals surface area contributed by atoms with Crippen molar-refractivity contribution in [2.24, 2.45) is 17.6 Å². The third-order valence-corrected chi connectivity index (χ3v) is 4.53. The van der Waals surface area contributed by atoms with Gasteiger partial charge < -0.3 is 10.6 Å². The van der Waals surface area contributed by atoms with Gasteiger partial charge in [0.25, 0.3) is 0 Å². The van der Waals surface area contributed by atoms with E-state index < -0.39 is 0 Å². The van der Waals surface area contributed by atoms with E-state index in [2.05, 4.69) is 35.2 Å². The highest BCUT2D eigenvalue weighted by Gasteiger charge is 2.27. The molecule has 0 aliphatic carbocycles. The van der Waals surface area contributed by atoms with Crippen LogP contribution in [0.15, 0.2) is 30.3 Å². The molecule has 1 fully saturated rings. The Morgan fingerprint density at radius 3 is 2.68 bits per heavy atom. The Bertz CT molecular complexity index is 474. The summed E-state index contributed by atoms with van der Waals surface area (Å²) in [5.41, 5.74) is 7.32. The van der Waals surface area contributed by atoms with Crippen LogP contribution in [0.25, 0.3) is 0 Å². The first kappa shape index (κ1) is 17.0. The maximum absolute atomic E-state index is 12.2. The van der Waals surface area contributed by atoms with Crippen LogP contribution in [-0.2, 0) is 11.3 Å². The van der Waals surface area contributed by atoms with Crippen LogP contribution in [0.3, 0.4) is 0 Å². The lowest BCUT2D eigenvalue weighted by atomic mass is 10.0. The van der Waals surface area contributed by atoms with Crippen molar-refractivity contribution in [3.05, 3.63) is 35.9 Å². The van der Waals surface area contributed by atoms with Crippen LogP contribution < -0.4 is 5.73 Å². The molecule has 22 heavy (non-hydrogen) atoms. The number of carbonyl (C=O) groups is 1. The molecular formula is C18H29N3O. The minimum Gasteiger partial charge on any atom is -0.344 e. The summed E-state index contributed by atoms with van der Waals surface area (Å²) in [6, 6.07) is 10.2. The molecule has 4 nitrogen and oxygen atoms in total. The van der Waals surface area contributed by atoms with Crippen LogP contribution >= 0.6 is 0 Å². The Kier molecular flexibility index (Phi) is 5.98. The molecule has 1 amide bonds. The molecule has 2 rings (SSSR count). The molecule has 1 aliphatic heterocycles. The van der Waals surface area contributed by atoms with Gasteiger partial charge in [0.2, 0.25) is 5.91 Å². The van der Waals surface area contributed by atoms with Crippen molar-refractivity contribution >= 4 is 5.91 Å². The molecule has 2 N–H and O–H groups in total. The van der Waals surface area contributed by atoms with Gasteiger partial charge in [0.1, 0.15) is 0 Å². The van der Waals surface area contributed by atoms with E-state index in [1.54, 1.807) is 0 Å². The number of nitrogens with two attached hydrogens (primary N) is 1. The van der Waals surface area contributed by atoms with Crippen LogP contribution in [0.4, 0.5) is 0 Å². The molecule has 0 saturated carbocycles. The normalized spacial score (nSPS) is 20.3. The minimum absolute atomic E-state index is 0.0662. The lowest BCUT2D eigenvalue weighted by Gasteiger charge is -2.26. The molecule has 1 heterocycles. The number of carbonyl (C=O) groups excluding carboxylic acids is 1. The fourth-order valence-electron chi connectivity index (χ4n) is 3.06. The number of rotatable bonds is 6. The van der Waals surface area contributed by atoms with Crippen molar-refractivity contribution in [3.8, 4) is 0 Å². The van der Waals surface area contributed by atoms with Gasteiger partial charge >= 0.3 is 0 Å². The summed E-state index contributed by atoms with van der Waals surface area (Å²) in [5.74, 6) is 0.807. The second kappa shape index (κ2) is 7.75. The molecule has 0 bridgehead atoms. The number of likely N-dealkylation sites (tertiary alicyclic amines) is 1. The maximum atomic E-state index is 12.2. The maximum Gasteiger partial charge on any atom is 0.239 e. The van der Waals surface area contributed by atoms with Crippen molar-refractivity contribution in [2.45, 2.75) is 32.9 Å². The van der Waals surface area contributed by atoms with Crippen LogP contribution in [0.2, 0.25) is 0 Å². The first-order chi connectivity index (χ1) is 10.5. The topological polar surface area (TPSA) is 49.6 Å². The SMILES string of the molecule is CC(C)[C@H](N)C(=O)N(C)C[C@@H]1CCN(Cc2ccccc2)C1. The fourth-order valence-corrected chi connectivity index (χ4v) is 3.06. The van der Waals surface area contributed by atoms with Crippen molar-refractivity contribution in [2.75, 3.05) is 26.7 Å². The van der Waals surface area contributed by atoms with Crippen molar-refractivity contribution < 1.29 is 4.79 Å². The Balaban J connectivity index is 1.80. The van der Waals surface area contributed by atoms with Crippen molar-refractivity contribution in [1.29, 1.82) is 0 Å². The highest BCUT2D eigenvalue weighted by atomic mass is 16.2. The average molecular weight is 303 g/mol. The molecule has 122 valence electrons. The van der Waals surface area contributed by atoms with Crippen LogP contribution in [0.5, 0.6) is 0 Å². The zero-order chi connectivity index (χ0) is 16.1. The lowest BCUT2D eigenvalue weighted by molar-refractivity contribution is -0.132. The second-order valence-electron chi connectivity index (χ2n) is 6.86. The zero-order valence-corrected chi connectivity index (χ0v) is 14.0. The summed E-state index contributed by atoms with van der Waals surface area (Å²) in [7, 11) is 1.88. The van der Waals surface area contributed by atoms with Crippen LogP contribution in [0.1, 0.15) is 25.8 Å². The summed E-state index contributed by atoms with van der Waals surface area (Å²) in [6.45, 7) is 7.97. The van der Waals surface area contributed by atoms with Gasteiger partial charge in [-0.3, -0.25) is 9.69 Å². The Morgan fingerprint density at radius 1 is 1.36 bits per heavy atom. The van der Waals surface area contributed by atoms with Gasteiger partial charge in [-0.1, -0.05) is 44.2 Å². The summed E-state index contributed by atoms with van der Waals surface area (Å²) in [6.07, 6.45) is 1.15. The third kappa shape index (κ3) is 4.55. The molecule has 1 aliphatic rings. The average Bonchev–Trinajstić information content (AvgIpc) is 2.93. The second-order valence-corrected chi connectivity index (χ2v) is 6.86. The molecule has 4 heteroatoms. The smallest absolute Gasteiger partial charge is 0.239 e. The number of hydrogen-bond acceptors (Lipinski definition) is 3. The van der Waals surface area contributed by atoms with Gasteiger partial charge in [-0.05, 0) is 30.4 Å². The number of hydrogen-bond donors (Lipinski definition) is 1. The Hall–Kier alpha value is -1.39. The fraction of sp³-hybridized carbons (Fsp3) is 0.611. The van der Waals surface area contributed by atoms with Gasteiger partial charge in [0.05, 0.1) is 6.04 Å². The summed E-state index contributed by atoms with van der Waals surface area (Å²) >= 11 is 0. The number of likely N-dealkylation sites (N-methyl/N-ethyl adjacent to an activating group) is 1. The third-order valence-electron chi connectivity index (χ3n) is 4.53. The van der Waals surface area contributed by atoms with Gasteiger partial charge in [0.15, 0.2) is 0 Å².